The van der Waals surface area contributed by atoms with Crippen molar-refractivity contribution >= 4 is 24.7 Å². The molecule has 13 heavy (non-hydrogen) atoms. The summed E-state index contributed by atoms with van der Waals surface area (Å²) in [5.41, 5.74) is 0. The maximum absolute atomic E-state index is 12.5. The Hall–Kier alpha value is -0.0900. The molecule has 1 aromatic rings. The summed E-state index contributed by atoms with van der Waals surface area (Å²) in [6.45, 7) is -3.27. The van der Waals surface area contributed by atoms with Crippen molar-refractivity contribution in [1.29, 1.82) is 0 Å². The van der Waals surface area contributed by atoms with Gasteiger partial charge in [-0.2, -0.15) is 8.78 Å². The SMILES string of the molecule is FC(F)Op1npn(F)p(F)n1F. The molecule has 1 heterocycles. The first-order valence-corrected chi connectivity index (χ1v) is 5.67. The van der Waals surface area contributed by atoms with Crippen molar-refractivity contribution in [2.75, 3.05) is 0 Å². The van der Waals surface area contributed by atoms with E-state index in [-0.39, 0.29) is 0 Å². The van der Waals surface area contributed by atoms with Gasteiger partial charge in [-0.15, -0.1) is 8.71 Å². The van der Waals surface area contributed by atoms with Crippen LogP contribution < -0.4 is 4.52 Å². The Kier molecular flexibility index (Phi) is 3.74. The van der Waals surface area contributed by atoms with E-state index in [0.717, 1.165) is 0 Å². The maximum Gasteiger partial charge on any atom is 0.354 e. The van der Waals surface area contributed by atoms with Crippen LogP contribution in [0.5, 0.6) is 0 Å². The second-order valence-corrected chi connectivity index (χ2v) is 5.65. The van der Waals surface area contributed by atoms with Gasteiger partial charge in [0.05, 0.1) is 0 Å². The monoisotopic (exact) mass is 259 g/mol. The molecule has 0 N–H and O–H groups in total. The number of rotatable bonds is 2. The van der Waals surface area contributed by atoms with Gasteiger partial charge in [-0.25, -0.2) is 4.52 Å². The van der Waals surface area contributed by atoms with E-state index in [0.29, 0.717) is 0 Å². The molecule has 0 spiro atoms. The fourth-order valence-electron chi connectivity index (χ4n) is 0.389. The summed E-state index contributed by atoms with van der Waals surface area (Å²) in [7, 11) is -6.69. The predicted octanol–water partition coefficient (Wildman–Crippen LogP) is 3.21. The summed E-state index contributed by atoms with van der Waals surface area (Å²) in [4.78, 5) is 0. The lowest BCUT2D eigenvalue weighted by Gasteiger charge is -2.04. The van der Waals surface area contributed by atoms with Gasteiger partial charge in [0.2, 0.25) is 8.08 Å². The summed E-state index contributed by atoms with van der Waals surface area (Å²) in [6.07, 6.45) is 0. The van der Waals surface area contributed by atoms with E-state index < -0.39 is 40.0 Å². The minimum atomic E-state index is -3.39. The Labute approximate surface area is 71.9 Å². The summed E-state index contributed by atoms with van der Waals surface area (Å²) in [5.74, 6) is 0. The molecule has 0 radical (unpaired) electrons. The van der Waals surface area contributed by atoms with Gasteiger partial charge in [0.1, 0.15) is 0 Å². The van der Waals surface area contributed by atoms with Crippen molar-refractivity contribution in [3.05, 3.63) is 0 Å². The predicted molar refractivity (Wildman–Crippen MR) is 37.9 cm³/mol. The van der Waals surface area contributed by atoms with Gasteiger partial charge < -0.3 is 0 Å². The number of halogens is 5. The molecular weight excluding hydrogens is 258 g/mol. The number of aromatic nitrogens is 3. The zero-order valence-electron chi connectivity index (χ0n) is 5.56. The number of hydrogen-bond donors (Lipinski definition) is 0. The molecule has 12 heteroatoms. The Bertz CT molecular complexity index is 322. The summed E-state index contributed by atoms with van der Waals surface area (Å²) in [6, 6.07) is 0. The van der Waals surface area contributed by atoms with Crippen molar-refractivity contribution in [2.45, 2.75) is 6.61 Å². The van der Waals surface area contributed by atoms with Crippen molar-refractivity contribution in [2.24, 2.45) is 0 Å². The molecule has 1 rings (SSSR count). The molecule has 4 nitrogen and oxygen atoms in total. The summed E-state index contributed by atoms with van der Waals surface area (Å²) < 4.78 is 65.5. The zero-order chi connectivity index (χ0) is 10.0. The fourth-order valence-corrected chi connectivity index (χ4v) is 3.85. The summed E-state index contributed by atoms with van der Waals surface area (Å²) in [5, 5.41) is 0. The molecular formula is CHF5N3OP3. The van der Waals surface area contributed by atoms with Crippen LogP contribution in [0.4, 0.5) is 21.9 Å². The number of hydrogen-bond acceptors (Lipinski definition) is 2. The first kappa shape index (κ1) is 11.0. The topological polar surface area (TPSA) is 32.0 Å². The largest absolute Gasteiger partial charge is 0.354 e. The Morgan fingerprint density at radius 2 is 2.00 bits per heavy atom. The van der Waals surface area contributed by atoms with Crippen LogP contribution in [-0.4, -0.2) is 19.7 Å². The smallest absolute Gasteiger partial charge is 0.236 e. The lowest BCUT2D eigenvalue weighted by atomic mass is 11.5. The van der Waals surface area contributed by atoms with E-state index in [1.807, 2.05) is 0 Å². The molecule has 0 aliphatic rings. The first-order chi connectivity index (χ1) is 6.02. The molecule has 2 atom stereocenters. The van der Waals surface area contributed by atoms with Gasteiger partial charge in [-0.05, 0) is 0 Å². The Morgan fingerprint density at radius 3 is 2.54 bits per heavy atom. The highest BCUT2D eigenvalue weighted by Gasteiger charge is 2.15. The van der Waals surface area contributed by atoms with Crippen LogP contribution in [0.3, 0.4) is 0 Å². The molecule has 0 saturated carbocycles. The molecule has 0 aliphatic heterocycles. The highest BCUT2D eigenvalue weighted by Crippen LogP contribution is 2.39. The van der Waals surface area contributed by atoms with Crippen LogP contribution in [0, 0.1) is 0 Å². The highest BCUT2D eigenvalue weighted by atomic mass is 31.2. The molecule has 0 amide bonds. The molecule has 0 saturated heterocycles. The molecule has 2 unspecified atom stereocenters. The number of nitrogens with zero attached hydrogens (tertiary/aromatic N) is 3. The molecule has 0 aromatic carbocycles. The van der Waals surface area contributed by atoms with Crippen LogP contribution in [0.2, 0.25) is 0 Å². The third kappa shape index (κ3) is 2.68. The average molecular weight is 259 g/mol. The summed E-state index contributed by atoms with van der Waals surface area (Å²) >= 11 is 0. The lowest BCUT2D eigenvalue weighted by molar-refractivity contribution is -0.0147. The zero-order valence-corrected chi connectivity index (χ0v) is 8.24. The maximum atomic E-state index is 12.5. The minimum Gasteiger partial charge on any atom is -0.236 e. The van der Waals surface area contributed by atoms with Crippen LogP contribution in [-0.2, 0) is 0 Å². The van der Waals surface area contributed by atoms with Gasteiger partial charge in [-0.3, -0.25) is 0 Å². The second kappa shape index (κ2) is 4.42. The van der Waals surface area contributed by atoms with E-state index in [9.17, 15) is 21.9 Å². The lowest BCUT2D eigenvalue weighted by Crippen LogP contribution is -2.03. The molecule has 0 fully saturated rings. The van der Waals surface area contributed by atoms with Crippen molar-refractivity contribution < 1.29 is 26.5 Å². The second-order valence-electron chi connectivity index (χ2n) is 1.52. The van der Waals surface area contributed by atoms with Crippen molar-refractivity contribution in [1.82, 2.24) is 13.1 Å². The van der Waals surface area contributed by atoms with Crippen LogP contribution in [0.15, 0.2) is 0 Å². The van der Waals surface area contributed by atoms with Gasteiger partial charge in [0, 0.05) is 0 Å². The van der Waals surface area contributed by atoms with Crippen LogP contribution >= 0.6 is 24.7 Å². The van der Waals surface area contributed by atoms with Gasteiger partial charge in [0.15, 0.2) is 8.51 Å². The van der Waals surface area contributed by atoms with Crippen molar-refractivity contribution in [3.8, 4) is 0 Å². The quantitative estimate of drug-likeness (QED) is 0.763. The Balaban J connectivity index is 3.04. The van der Waals surface area contributed by atoms with E-state index in [1.165, 1.54) is 0 Å². The minimum absolute atomic E-state index is 0.553. The van der Waals surface area contributed by atoms with E-state index in [4.69, 9.17) is 0 Å². The molecule has 0 bridgehead atoms. The molecule has 1 aromatic heterocycles. The van der Waals surface area contributed by atoms with Crippen molar-refractivity contribution in [3.63, 3.8) is 0 Å². The van der Waals surface area contributed by atoms with E-state index >= 15 is 0 Å². The van der Waals surface area contributed by atoms with Gasteiger partial charge in [-0.1, -0.05) is 17.6 Å². The standard InChI is InChI=1S/CHF5N3OP3/c2-1(3)10-13-7-11-8(4)12(6)9(13)5/h1H. The fraction of sp³-hybridized carbons (Fsp3) is 1.00. The third-order valence-electron chi connectivity index (χ3n) is 0.778. The third-order valence-corrected chi connectivity index (χ3v) is 4.62. The molecule has 0 aliphatic carbocycles. The number of alkyl halides is 2. The van der Waals surface area contributed by atoms with Crippen LogP contribution in [0.25, 0.3) is 0 Å². The van der Waals surface area contributed by atoms with Gasteiger partial charge in [0.25, 0.3) is 8.16 Å². The first-order valence-electron chi connectivity index (χ1n) is 2.56. The van der Waals surface area contributed by atoms with E-state index in [2.05, 4.69) is 9.03 Å². The normalized spacial score (nSPS) is 14.3. The highest BCUT2D eigenvalue weighted by molar-refractivity contribution is 7.55. The molecule has 76 valence electrons. The van der Waals surface area contributed by atoms with Gasteiger partial charge >= 0.3 is 6.61 Å². The Morgan fingerprint density at radius 1 is 1.38 bits per heavy atom. The van der Waals surface area contributed by atoms with E-state index in [1.54, 1.807) is 0 Å². The van der Waals surface area contributed by atoms with Crippen LogP contribution in [0.1, 0.15) is 0 Å². The average Bonchev–Trinajstić information content (AvgIpc) is 2.06.